The Morgan fingerprint density at radius 3 is 2.46 bits per heavy atom. The number of carbonyl (C=O) groups excluding carboxylic acids is 2. The number of hydrogen-bond acceptors (Lipinski definition) is 4. The lowest BCUT2D eigenvalue weighted by molar-refractivity contribution is -0.132. The lowest BCUT2D eigenvalue weighted by Crippen LogP contribution is -2.32. The maximum absolute atomic E-state index is 12.6. The van der Waals surface area contributed by atoms with Crippen LogP contribution >= 0.6 is 0 Å². The van der Waals surface area contributed by atoms with Crippen LogP contribution in [0.3, 0.4) is 0 Å². The minimum absolute atomic E-state index is 0.00580. The Morgan fingerprint density at radius 2 is 1.79 bits per heavy atom. The molecule has 0 radical (unpaired) electrons. The molecule has 0 bridgehead atoms. The topological polar surface area (TPSA) is 84.7 Å². The van der Waals surface area contributed by atoms with Crippen LogP contribution in [0.4, 0.5) is 5.69 Å². The number of para-hydroxylation sites is 1. The summed E-state index contributed by atoms with van der Waals surface area (Å²) in [7, 11) is 0. The number of hydrogen-bond donors (Lipinski definition) is 2. The van der Waals surface area contributed by atoms with Gasteiger partial charge in [0.1, 0.15) is 5.75 Å². The summed E-state index contributed by atoms with van der Waals surface area (Å²) < 4.78 is 5.84. The SMILES string of the molecule is CCC(NC(=O)c1ccc(N)cc1)c1ccccc1OCC(=O)N1CCCC1. The third-order valence-electron chi connectivity index (χ3n) is 4.99. The highest BCUT2D eigenvalue weighted by molar-refractivity contribution is 5.94. The lowest BCUT2D eigenvalue weighted by atomic mass is 10.0. The number of nitrogens with zero attached hydrogens (tertiary/aromatic N) is 1. The monoisotopic (exact) mass is 381 g/mol. The summed E-state index contributed by atoms with van der Waals surface area (Å²) in [6.45, 7) is 3.62. The first kappa shape index (κ1) is 19.7. The minimum Gasteiger partial charge on any atom is -0.483 e. The Bertz CT molecular complexity index is 814. The number of amides is 2. The average molecular weight is 381 g/mol. The van der Waals surface area contributed by atoms with Crippen LogP contribution in [0.25, 0.3) is 0 Å². The van der Waals surface area contributed by atoms with Crippen LogP contribution in [0.5, 0.6) is 5.75 Å². The first-order chi connectivity index (χ1) is 13.6. The van der Waals surface area contributed by atoms with E-state index in [1.807, 2.05) is 36.1 Å². The highest BCUT2D eigenvalue weighted by Gasteiger charge is 2.21. The van der Waals surface area contributed by atoms with Crippen LogP contribution in [0.1, 0.15) is 48.1 Å². The van der Waals surface area contributed by atoms with Crippen LogP contribution in [0.2, 0.25) is 0 Å². The Kier molecular flexibility index (Phi) is 6.53. The fourth-order valence-corrected chi connectivity index (χ4v) is 3.37. The molecule has 2 aromatic rings. The van der Waals surface area contributed by atoms with E-state index >= 15 is 0 Å². The zero-order chi connectivity index (χ0) is 19.9. The smallest absolute Gasteiger partial charge is 0.260 e. The zero-order valence-corrected chi connectivity index (χ0v) is 16.2. The van der Waals surface area contributed by atoms with Crippen LogP contribution < -0.4 is 15.8 Å². The lowest BCUT2D eigenvalue weighted by Gasteiger charge is -2.22. The molecule has 1 aliphatic rings. The van der Waals surface area contributed by atoms with Crippen molar-refractivity contribution in [1.29, 1.82) is 0 Å². The summed E-state index contributed by atoms with van der Waals surface area (Å²) in [6, 6.07) is 14.1. The predicted octanol–water partition coefficient (Wildman–Crippen LogP) is 3.15. The average Bonchev–Trinajstić information content (AvgIpc) is 3.26. The van der Waals surface area contributed by atoms with Gasteiger partial charge in [-0.3, -0.25) is 9.59 Å². The molecule has 1 atom stereocenters. The number of nitrogens with two attached hydrogens (primary N) is 1. The van der Waals surface area contributed by atoms with E-state index in [1.54, 1.807) is 24.3 Å². The van der Waals surface area contributed by atoms with Crippen molar-refractivity contribution in [2.75, 3.05) is 25.4 Å². The van der Waals surface area contributed by atoms with Gasteiger partial charge in [0.2, 0.25) is 0 Å². The second-order valence-electron chi connectivity index (χ2n) is 6.97. The number of carbonyl (C=O) groups is 2. The van der Waals surface area contributed by atoms with Gasteiger partial charge in [-0.2, -0.15) is 0 Å². The van der Waals surface area contributed by atoms with Crippen molar-refractivity contribution in [2.45, 2.75) is 32.2 Å². The molecule has 1 saturated heterocycles. The summed E-state index contributed by atoms with van der Waals surface area (Å²) in [5.74, 6) is 0.459. The Balaban J connectivity index is 1.69. The number of nitrogen functional groups attached to an aromatic ring is 1. The summed E-state index contributed by atoms with van der Waals surface area (Å²) in [4.78, 5) is 26.7. The Hall–Kier alpha value is -3.02. The summed E-state index contributed by atoms with van der Waals surface area (Å²) in [5, 5.41) is 3.05. The van der Waals surface area contributed by atoms with Crippen molar-refractivity contribution in [2.24, 2.45) is 0 Å². The molecule has 0 aliphatic carbocycles. The largest absolute Gasteiger partial charge is 0.483 e. The van der Waals surface area contributed by atoms with E-state index in [4.69, 9.17) is 10.5 Å². The molecule has 3 rings (SSSR count). The standard InChI is InChI=1S/C22H27N3O3/c1-2-19(24-22(27)16-9-11-17(23)12-10-16)18-7-3-4-8-20(18)28-15-21(26)25-13-5-6-14-25/h3-4,7-12,19H,2,5-6,13-15,23H2,1H3,(H,24,27). The molecular formula is C22H27N3O3. The molecule has 1 fully saturated rings. The summed E-state index contributed by atoms with van der Waals surface area (Å²) in [6.07, 6.45) is 2.80. The normalized spacial score (nSPS) is 14.5. The van der Waals surface area contributed by atoms with Crippen molar-refractivity contribution >= 4 is 17.5 Å². The molecule has 1 unspecified atom stereocenters. The summed E-state index contributed by atoms with van der Waals surface area (Å²) in [5.41, 5.74) is 7.72. The highest BCUT2D eigenvalue weighted by atomic mass is 16.5. The first-order valence-electron chi connectivity index (χ1n) is 9.74. The van der Waals surface area contributed by atoms with Gasteiger partial charge >= 0.3 is 0 Å². The van der Waals surface area contributed by atoms with E-state index in [0.29, 0.717) is 23.4 Å². The molecule has 28 heavy (non-hydrogen) atoms. The molecule has 6 nitrogen and oxygen atoms in total. The van der Waals surface area contributed by atoms with Crippen molar-refractivity contribution in [3.63, 3.8) is 0 Å². The first-order valence-corrected chi connectivity index (χ1v) is 9.74. The molecule has 2 aromatic carbocycles. The molecule has 0 saturated carbocycles. The van der Waals surface area contributed by atoms with Crippen molar-refractivity contribution in [3.8, 4) is 5.75 Å². The van der Waals surface area contributed by atoms with E-state index < -0.39 is 0 Å². The molecule has 3 N–H and O–H groups in total. The third-order valence-corrected chi connectivity index (χ3v) is 4.99. The van der Waals surface area contributed by atoms with Crippen LogP contribution in [0, 0.1) is 0 Å². The number of benzene rings is 2. The molecular weight excluding hydrogens is 354 g/mol. The second-order valence-corrected chi connectivity index (χ2v) is 6.97. The minimum atomic E-state index is -0.219. The van der Waals surface area contributed by atoms with Crippen LogP contribution in [-0.2, 0) is 4.79 Å². The van der Waals surface area contributed by atoms with Gasteiger partial charge < -0.3 is 20.7 Å². The molecule has 2 amide bonds. The van der Waals surface area contributed by atoms with Gasteiger partial charge in [-0.15, -0.1) is 0 Å². The van der Waals surface area contributed by atoms with Gasteiger partial charge in [-0.25, -0.2) is 0 Å². The van der Waals surface area contributed by atoms with E-state index in [-0.39, 0.29) is 24.5 Å². The third kappa shape index (κ3) is 4.82. The Morgan fingerprint density at radius 1 is 1.11 bits per heavy atom. The molecule has 1 heterocycles. The van der Waals surface area contributed by atoms with Gasteiger partial charge in [-0.05, 0) is 49.6 Å². The van der Waals surface area contributed by atoms with Gasteiger partial charge in [0.15, 0.2) is 6.61 Å². The number of anilines is 1. The number of nitrogens with one attached hydrogen (secondary N) is 1. The predicted molar refractivity (Wildman–Crippen MR) is 109 cm³/mol. The maximum Gasteiger partial charge on any atom is 0.260 e. The van der Waals surface area contributed by atoms with Crippen LogP contribution in [0.15, 0.2) is 48.5 Å². The van der Waals surface area contributed by atoms with E-state index in [1.165, 1.54) is 0 Å². The zero-order valence-electron chi connectivity index (χ0n) is 16.2. The highest BCUT2D eigenvalue weighted by Crippen LogP contribution is 2.27. The van der Waals surface area contributed by atoms with Gasteiger partial charge in [-0.1, -0.05) is 25.1 Å². The van der Waals surface area contributed by atoms with Gasteiger partial charge in [0.25, 0.3) is 11.8 Å². The van der Waals surface area contributed by atoms with Gasteiger partial charge in [0.05, 0.1) is 6.04 Å². The van der Waals surface area contributed by atoms with E-state index in [2.05, 4.69) is 5.32 Å². The van der Waals surface area contributed by atoms with Crippen LogP contribution in [-0.4, -0.2) is 36.4 Å². The number of rotatable bonds is 7. The van der Waals surface area contributed by atoms with Crippen molar-refractivity contribution in [1.82, 2.24) is 10.2 Å². The second kappa shape index (κ2) is 9.26. The molecule has 0 spiro atoms. The molecule has 1 aliphatic heterocycles. The quantitative estimate of drug-likeness (QED) is 0.722. The Labute approximate surface area is 165 Å². The molecule has 0 aromatic heterocycles. The van der Waals surface area contributed by atoms with E-state index in [9.17, 15) is 9.59 Å². The molecule has 6 heteroatoms. The fraction of sp³-hybridized carbons (Fsp3) is 0.364. The number of ether oxygens (including phenoxy) is 1. The molecule has 148 valence electrons. The van der Waals surface area contributed by atoms with Gasteiger partial charge in [0, 0.05) is 29.9 Å². The van der Waals surface area contributed by atoms with E-state index in [0.717, 1.165) is 31.5 Å². The van der Waals surface area contributed by atoms with Crippen molar-refractivity contribution in [3.05, 3.63) is 59.7 Å². The fourth-order valence-electron chi connectivity index (χ4n) is 3.37. The van der Waals surface area contributed by atoms with Crippen molar-refractivity contribution < 1.29 is 14.3 Å². The summed E-state index contributed by atoms with van der Waals surface area (Å²) >= 11 is 0. The number of likely N-dealkylation sites (tertiary alicyclic amines) is 1. The maximum atomic E-state index is 12.6.